The van der Waals surface area contributed by atoms with Crippen LogP contribution in [0.4, 0.5) is 0 Å². The molecule has 1 aromatic rings. The van der Waals surface area contributed by atoms with Gasteiger partial charge in [-0.2, -0.15) is 0 Å². The van der Waals surface area contributed by atoms with Gasteiger partial charge in [0.25, 0.3) is 0 Å². The Hall–Kier alpha value is -2.24. The van der Waals surface area contributed by atoms with E-state index in [1.54, 1.807) is 0 Å². The van der Waals surface area contributed by atoms with Crippen molar-refractivity contribution < 1.29 is 19.1 Å². The fourth-order valence-electron chi connectivity index (χ4n) is 4.44. The summed E-state index contributed by atoms with van der Waals surface area (Å²) < 4.78 is 11.9. The summed E-state index contributed by atoms with van der Waals surface area (Å²) in [6.07, 6.45) is 6.56. The number of nitrogens with one attached hydrogen (secondary N) is 1. The zero-order valence-corrected chi connectivity index (χ0v) is 19.3. The topological polar surface area (TPSA) is 67.9 Å². The van der Waals surface area contributed by atoms with Crippen LogP contribution in [0.1, 0.15) is 65.7 Å². The molecule has 0 radical (unpaired) electrons. The molecule has 1 heterocycles. The molecular weight excluding hydrogens is 392 g/mol. The molecule has 1 N–H and O–H groups in total. The number of hydrogen-bond acceptors (Lipinski definition) is 4. The van der Waals surface area contributed by atoms with Gasteiger partial charge in [0.05, 0.1) is 12.6 Å². The van der Waals surface area contributed by atoms with E-state index in [0.29, 0.717) is 19.7 Å². The van der Waals surface area contributed by atoms with E-state index in [-0.39, 0.29) is 35.8 Å². The van der Waals surface area contributed by atoms with Crippen LogP contribution < -0.4 is 14.8 Å². The number of piperidine rings is 1. The smallest absolute Gasteiger partial charge is 0.225 e. The molecule has 0 aromatic heterocycles. The number of nitrogens with zero attached hydrogens (tertiary/aromatic N) is 1. The van der Waals surface area contributed by atoms with Crippen LogP contribution >= 0.6 is 0 Å². The SMILES string of the molecule is CCCOc1ccc(O[C@H]2CCCC[C@H]2NC(=O)C2CCN(C(=O)C(C)C)CC2)cc1. The minimum Gasteiger partial charge on any atom is -0.494 e. The quantitative estimate of drug-likeness (QED) is 0.672. The van der Waals surface area contributed by atoms with Gasteiger partial charge in [-0.15, -0.1) is 0 Å². The van der Waals surface area contributed by atoms with Crippen LogP contribution in [-0.4, -0.2) is 48.6 Å². The molecule has 1 saturated heterocycles. The lowest BCUT2D eigenvalue weighted by molar-refractivity contribution is -0.138. The van der Waals surface area contributed by atoms with Crippen molar-refractivity contribution in [2.75, 3.05) is 19.7 Å². The highest BCUT2D eigenvalue weighted by Crippen LogP contribution is 2.27. The third-order valence-electron chi connectivity index (χ3n) is 6.29. The number of amides is 2. The van der Waals surface area contributed by atoms with E-state index in [4.69, 9.17) is 9.47 Å². The predicted octanol–water partition coefficient (Wildman–Crippen LogP) is 4.18. The lowest BCUT2D eigenvalue weighted by atomic mass is 9.90. The van der Waals surface area contributed by atoms with Gasteiger partial charge >= 0.3 is 0 Å². The minimum absolute atomic E-state index is 0.0114. The number of ether oxygens (including phenoxy) is 2. The molecule has 1 aliphatic heterocycles. The molecule has 0 bridgehead atoms. The number of carbonyl (C=O) groups is 2. The predicted molar refractivity (Wildman–Crippen MR) is 121 cm³/mol. The summed E-state index contributed by atoms with van der Waals surface area (Å²) in [5.74, 6) is 1.96. The second-order valence-electron chi connectivity index (χ2n) is 9.13. The highest BCUT2D eigenvalue weighted by atomic mass is 16.5. The standard InChI is InChI=1S/C25H38N2O4/c1-4-17-30-20-9-11-21(12-10-20)31-23-8-6-5-7-22(23)26-24(28)19-13-15-27(16-14-19)25(29)18(2)3/h9-12,18-19,22-23H,4-8,13-17H2,1-3H3,(H,26,28)/t22-,23+/m1/s1. The van der Waals surface area contributed by atoms with Gasteiger partial charge in [-0.3, -0.25) is 9.59 Å². The van der Waals surface area contributed by atoms with E-state index in [9.17, 15) is 9.59 Å². The minimum atomic E-state index is -0.0196. The van der Waals surface area contributed by atoms with Gasteiger partial charge in [0.15, 0.2) is 0 Å². The van der Waals surface area contributed by atoms with Crippen LogP contribution in [0.5, 0.6) is 11.5 Å². The number of likely N-dealkylation sites (tertiary alicyclic amines) is 1. The molecule has 0 unspecified atom stereocenters. The zero-order chi connectivity index (χ0) is 22.2. The van der Waals surface area contributed by atoms with Gasteiger partial charge < -0.3 is 19.7 Å². The molecule has 2 amide bonds. The lowest BCUT2D eigenvalue weighted by Crippen LogP contribution is -2.51. The Balaban J connectivity index is 1.51. The summed E-state index contributed by atoms with van der Waals surface area (Å²) in [6.45, 7) is 8.00. The van der Waals surface area contributed by atoms with E-state index in [1.165, 1.54) is 0 Å². The average molecular weight is 431 g/mol. The Labute approximate surface area is 186 Å². The van der Waals surface area contributed by atoms with Crippen molar-refractivity contribution in [1.29, 1.82) is 0 Å². The third kappa shape index (κ3) is 6.62. The van der Waals surface area contributed by atoms with Crippen molar-refractivity contribution in [3.05, 3.63) is 24.3 Å². The maximum absolute atomic E-state index is 12.9. The van der Waals surface area contributed by atoms with Crippen LogP contribution in [0.2, 0.25) is 0 Å². The summed E-state index contributed by atoms with van der Waals surface area (Å²) in [6, 6.07) is 7.80. The van der Waals surface area contributed by atoms with Crippen LogP contribution in [0.3, 0.4) is 0 Å². The van der Waals surface area contributed by atoms with Crippen LogP contribution in [0, 0.1) is 11.8 Å². The Kier molecular flexibility index (Phi) is 8.61. The van der Waals surface area contributed by atoms with Crippen molar-refractivity contribution in [3.8, 4) is 11.5 Å². The van der Waals surface area contributed by atoms with E-state index in [1.807, 2.05) is 43.0 Å². The summed E-state index contributed by atoms with van der Waals surface area (Å²) in [7, 11) is 0. The highest BCUT2D eigenvalue weighted by molar-refractivity contribution is 5.81. The molecule has 6 heteroatoms. The Morgan fingerprint density at radius 2 is 1.68 bits per heavy atom. The third-order valence-corrected chi connectivity index (χ3v) is 6.29. The number of hydrogen-bond donors (Lipinski definition) is 1. The van der Waals surface area contributed by atoms with Gasteiger partial charge in [-0.1, -0.05) is 27.2 Å². The molecule has 1 aliphatic carbocycles. The Morgan fingerprint density at radius 3 is 2.32 bits per heavy atom. The first-order valence-electron chi connectivity index (χ1n) is 12.0. The fraction of sp³-hybridized carbons (Fsp3) is 0.680. The molecule has 2 atom stereocenters. The van der Waals surface area contributed by atoms with E-state index in [2.05, 4.69) is 12.2 Å². The Bertz CT molecular complexity index is 711. The van der Waals surface area contributed by atoms with Gasteiger partial charge in [-0.25, -0.2) is 0 Å². The van der Waals surface area contributed by atoms with Crippen molar-refractivity contribution in [2.24, 2.45) is 11.8 Å². The van der Waals surface area contributed by atoms with Crippen molar-refractivity contribution >= 4 is 11.8 Å². The molecule has 1 aromatic carbocycles. The zero-order valence-electron chi connectivity index (χ0n) is 19.3. The normalized spacial score (nSPS) is 22.3. The first-order chi connectivity index (χ1) is 15.0. The summed E-state index contributed by atoms with van der Waals surface area (Å²) in [5.41, 5.74) is 0. The van der Waals surface area contributed by atoms with Gasteiger partial charge in [0.2, 0.25) is 11.8 Å². The van der Waals surface area contributed by atoms with Crippen molar-refractivity contribution in [2.45, 2.75) is 77.9 Å². The molecule has 6 nitrogen and oxygen atoms in total. The van der Waals surface area contributed by atoms with Gasteiger partial charge in [0.1, 0.15) is 17.6 Å². The van der Waals surface area contributed by atoms with Crippen LogP contribution in [0.15, 0.2) is 24.3 Å². The molecule has 1 saturated carbocycles. The first kappa shape index (κ1) is 23.4. The molecule has 2 aliphatic rings. The number of rotatable bonds is 8. The molecular formula is C25H38N2O4. The second-order valence-corrected chi connectivity index (χ2v) is 9.13. The first-order valence-corrected chi connectivity index (χ1v) is 12.0. The maximum Gasteiger partial charge on any atom is 0.225 e. The Morgan fingerprint density at radius 1 is 1.03 bits per heavy atom. The van der Waals surface area contributed by atoms with Crippen LogP contribution in [-0.2, 0) is 9.59 Å². The molecule has 0 spiro atoms. The maximum atomic E-state index is 12.9. The average Bonchev–Trinajstić information content (AvgIpc) is 2.79. The monoisotopic (exact) mass is 430 g/mol. The van der Waals surface area contributed by atoms with Crippen LogP contribution in [0.25, 0.3) is 0 Å². The van der Waals surface area contributed by atoms with Crippen molar-refractivity contribution in [3.63, 3.8) is 0 Å². The molecule has 31 heavy (non-hydrogen) atoms. The van der Waals surface area contributed by atoms with E-state index >= 15 is 0 Å². The largest absolute Gasteiger partial charge is 0.494 e. The summed E-state index contributed by atoms with van der Waals surface area (Å²) in [5, 5.41) is 3.27. The fourth-order valence-corrected chi connectivity index (χ4v) is 4.44. The highest BCUT2D eigenvalue weighted by Gasteiger charge is 2.33. The molecule has 3 rings (SSSR count). The molecule has 172 valence electrons. The summed E-state index contributed by atoms with van der Waals surface area (Å²) >= 11 is 0. The second kappa shape index (κ2) is 11.4. The van der Waals surface area contributed by atoms with Crippen molar-refractivity contribution in [1.82, 2.24) is 10.2 Å². The van der Waals surface area contributed by atoms with E-state index < -0.39 is 0 Å². The number of carbonyl (C=O) groups excluding carboxylic acids is 2. The van der Waals surface area contributed by atoms with Gasteiger partial charge in [0, 0.05) is 24.9 Å². The number of benzene rings is 1. The summed E-state index contributed by atoms with van der Waals surface area (Å²) in [4.78, 5) is 27.0. The molecule has 2 fully saturated rings. The van der Waals surface area contributed by atoms with E-state index in [0.717, 1.165) is 56.4 Å². The lowest BCUT2D eigenvalue weighted by Gasteiger charge is -2.36. The van der Waals surface area contributed by atoms with Gasteiger partial charge in [-0.05, 0) is 62.8 Å².